The zero-order valence-corrected chi connectivity index (χ0v) is 12.9. The van der Waals surface area contributed by atoms with Gasteiger partial charge in [0.2, 0.25) is 0 Å². The highest BCUT2D eigenvalue weighted by molar-refractivity contribution is 5.91. The maximum absolute atomic E-state index is 13.1. The highest BCUT2D eigenvalue weighted by Crippen LogP contribution is 2.56. The van der Waals surface area contributed by atoms with Crippen LogP contribution in [0.3, 0.4) is 0 Å². The Morgan fingerprint density at radius 3 is 1.82 bits per heavy atom. The van der Waals surface area contributed by atoms with Gasteiger partial charge in [0, 0.05) is 11.3 Å². The van der Waals surface area contributed by atoms with Gasteiger partial charge in [0.1, 0.15) is 5.78 Å². The van der Waals surface area contributed by atoms with Crippen molar-refractivity contribution < 1.29 is 4.79 Å². The number of carbonyl (C=O) groups is 1. The van der Waals surface area contributed by atoms with Crippen LogP contribution in [0, 0.1) is 17.3 Å². The van der Waals surface area contributed by atoms with Gasteiger partial charge in [0.25, 0.3) is 0 Å². The van der Waals surface area contributed by atoms with Crippen molar-refractivity contribution in [2.45, 2.75) is 32.1 Å². The van der Waals surface area contributed by atoms with Gasteiger partial charge in [0.05, 0.1) is 0 Å². The summed E-state index contributed by atoms with van der Waals surface area (Å²) in [5.74, 6) is 1.44. The van der Waals surface area contributed by atoms with E-state index in [9.17, 15) is 4.79 Å². The molecule has 0 amide bonds. The molecule has 2 aromatic rings. The first-order valence-electron chi connectivity index (χ1n) is 8.40. The molecule has 0 unspecified atom stereocenters. The molecule has 112 valence electrons. The quantitative estimate of drug-likeness (QED) is 0.812. The lowest BCUT2D eigenvalue weighted by atomic mass is 9.65. The second kappa shape index (κ2) is 5.39. The van der Waals surface area contributed by atoms with Crippen LogP contribution < -0.4 is 0 Å². The maximum atomic E-state index is 13.1. The number of hydrogen-bond acceptors (Lipinski definition) is 1. The van der Waals surface area contributed by atoms with Crippen LogP contribution in [0.15, 0.2) is 60.7 Å². The molecule has 0 radical (unpaired) electrons. The lowest BCUT2D eigenvalue weighted by molar-refractivity contribution is -0.132. The highest BCUT2D eigenvalue weighted by atomic mass is 16.1. The standard InChI is InChI=1S/C21H22O/c22-20-18-11-12-19(13-18)21(20,14-16-7-3-1-4-8-16)15-17-9-5-2-6-10-17/h1-10,18-19H,11-15H2/t18-,19-/m0/s1. The van der Waals surface area contributed by atoms with Crippen molar-refractivity contribution in [3.05, 3.63) is 71.8 Å². The highest BCUT2D eigenvalue weighted by Gasteiger charge is 2.57. The molecule has 0 aromatic heterocycles. The van der Waals surface area contributed by atoms with Gasteiger partial charge in [-0.2, -0.15) is 0 Å². The second-order valence-electron chi connectivity index (χ2n) is 7.05. The Bertz CT molecular complexity index is 617. The molecule has 0 heterocycles. The van der Waals surface area contributed by atoms with E-state index in [-0.39, 0.29) is 5.41 Å². The third-order valence-electron chi connectivity index (χ3n) is 5.80. The first kappa shape index (κ1) is 13.8. The summed E-state index contributed by atoms with van der Waals surface area (Å²) in [5.41, 5.74) is 2.45. The average molecular weight is 290 g/mol. The van der Waals surface area contributed by atoms with Gasteiger partial charge in [-0.1, -0.05) is 60.7 Å². The molecule has 2 bridgehead atoms. The Kier molecular flexibility index (Phi) is 3.37. The van der Waals surface area contributed by atoms with Crippen molar-refractivity contribution in [1.29, 1.82) is 0 Å². The Morgan fingerprint density at radius 2 is 1.36 bits per heavy atom. The summed E-state index contributed by atoms with van der Waals surface area (Å²) < 4.78 is 0. The number of carbonyl (C=O) groups excluding carboxylic acids is 1. The molecular formula is C21H22O. The summed E-state index contributed by atoms with van der Waals surface area (Å²) in [6.07, 6.45) is 5.29. The minimum Gasteiger partial charge on any atom is -0.299 e. The van der Waals surface area contributed by atoms with Crippen LogP contribution in [0.1, 0.15) is 30.4 Å². The average Bonchev–Trinajstić information content (AvgIpc) is 3.13. The summed E-state index contributed by atoms with van der Waals surface area (Å²) in [7, 11) is 0. The van der Waals surface area contributed by atoms with Gasteiger partial charge in [0.15, 0.2) is 0 Å². The van der Waals surface area contributed by atoms with Crippen molar-refractivity contribution in [2.75, 3.05) is 0 Å². The largest absolute Gasteiger partial charge is 0.299 e. The van der Waals surface area contributed by atoms with Crippen molar-refractivity contribution in [2.24, 2.45) is 17.3 Å². The molecule has 0 N–H and O–H groups in total. The molecule has 2 aliphatic carbocycles. The fraction of sp³-hybridized carbons (Fsp3) is 0.381. The van der Waals surface area contributed by atoms with Crippen LogP contribution in [0.25, 0.3) is 0 Å². The minimum absolute atomic E-state index is 0.161. The Labute approximate surface area is 132 Å². The topological polar surface area (TPSA) is 17.1 Å². The predicted octanol–water partition coefficient (Wildman–Crippen LogP) is 4.46. The molecule has 2 fully saturated rings. The molecule has 1 nitrogen and oxygen atoms in total. The number of fused-ring (bicyclic) bond motifs is 2. The molecule has 0 saturated heterocycles. The van der Waals surface area contributed by atoms with E-state index in [2.05, 4.69) is 60.7 Å². The van der Waals surface area contributed by atoms with E-state index < -0.39 is 0 Å². The van der Waals surface area contributed by atoms with Gasteiger partial charge in [-0.05, 0) is 49.1 Å². The summed E-state index contributed by atoms with van der Waals surface area (Å²) in [6, 6.07) is 21.1. The molecule has 2 atom stereocenters. The van der Waals surface area contributed by atoms with Gasteiger partial charge in [-0.3, -0.25) is 4.79 Å². The molecule has 2 aromatic carbocycles. The van der Waals surface area contributed by atoms with Crippen molar-refractivity contribution in [3.63, 3.8) is 0 Å². The molecule has 22 heavy (non-hydrogen) atoms. The lowest BCUT2D eigenvalue weighted by Gasteiger charge is -2.37. The smallest absolute Gasteiger partial charge is 0.143 e. The lowest BCUT2D eigenvalue weighted by Crippen LogP contribution is -2.41. The maximum Gasteiger partial charge on any atom is 0.143 e. The van der Waals surface area contributed by atoms with Gasteiger partial charge in [-0.25, -0.2) is 0 Å². The second-order valence-corrected chi connectivity index (χ2v) is 7.05. The molecule has 0 spiro atoms. The Balaban J connectivity index is 1.70. The van der Waals surface area contributed by atoms with Crippen molar-refractivity contribution in [1.82, 2.24) is 0 Å². The number of hydrogen-bond donors (Lipinski definition) is 0. The molecule has 2 aliphatic rings. The minimum atomic E-state index is -0.161. The Morgan fingerprint density at radius 1 is 0.818 bits per heavy atom. The summed E-state index contributed by atoms with van der Waals surface area (Å²) >= 11 is 0. The number of benzene rings is 2. The first-order chi connectivity index (χ1) is 10.8. The SMILES string of the molecule is O=C1[C@H]2CC[C@@H](C2)C1(Cc1ccccc1)Cc1ccccc1. The summed E-state index contributed by atoms with van der Waals surface area (Å²) in [6.45, 7) is 0. The van der Waals surface area contributed by atoms with E-state index in [4.69, 9.17) is 0 Å². The van der Waals surface area contributed by atoms with Crippen LogP contribution in [0.4, 0.5) is 0 Å². The van der Waals surface area contributed by atoms with Crippen LogP contribution in [-0.4, -0.2) is 5.78 Å². The van der Waals surface area contributed by atoms with E-state index in [1.807, 2.05) is 0 Å². The number of Topliss-reactive ketones (excluding diaryl/α,β-unsaturated/α-hetero) is 1. The van der Waals surface area contributed by atoms with E-state index in [0.717, 1.165) is 25.7 Å². The normalized spacial score (nSPS) is 25.5. The predicted molar refractivity (Wildman–Crippen MR) is 88.6 cm³/mol. The van der Waals surface area contributed by atoms with Crippen molar-refractivity contribution >= 4 is 5.78 Å². The monoisotopic (exact) mass is 290 g/mol. The molecular weight excluding hydrogens is 268 g/mol. The third-order valence-corrected chi connectivity index (χ3v) is 5.80. The molecule has 2 saturated carbocycles. The third kappa shape index (κ3) is 2.20. The number of rotatable bonds is 4. The molecule has 1 heteroatoms. The Hall–Kier alpha value is -1.89. The van der Waals surface area contributed by atoms with Crippen LogP contribution in [0.2, 0.25) is 0 Å². The fourth-order valence-electron chi connectivity index (χ4n) is 4.77. The van der Waals surface area contributed by atoms with Crippen LogP contribution in [0.5, 0.6) is 0 Å². The van der Waals surface area contributed by atoms with Gasteiger partial charge < -0.3 is 0 Å². The van der Waals surface area contributed by atoms with Gasteiger partial charge in [-0.15, -0.1) is 0 Å². The zero-order chi connectivity index (χ0) is 15.0. The fourth-order valence-corrected chi connectivity index (χ4v) is 4.77. The zero-order valence-electron chi connectivity index (χ0n) is 12.9. The number of ketones is 1. The molecule has 4 rings (SSSR count). The first-order valence-corrected chi connectivity index (χ1v) is 8.40. The van der Waals surface area contributed by atoms with Gasteiger partial charge >= 0.3 is 0 Å². The van der Waals surface area contributed by atoms with E-state index >= 15 is 0 Å². The molecule has 0 aliphatic heterocycles. The van der Waals surface area contributed by atoms with E-state index in [1.165, 1.54) is 17.5 Å². The van der Waals surface area contributed by atoms with Crippen molar-refractivity contribution in [3.8, 4) is 0 Å². The summed E-state index contributed by atoms with van der Waals surface area (Å²) in [5, 5.41) is 0. The van der Waals surface area contributed by atoms with E-state index in [1.54, 1.807) is 0 Å². The van der Waals surface area contributed by atoms with E-state index in [0.29, 0.717) is 17.6 Å². The van der Waals surface area contributed by atoms with Crippen LogP contribution >= 0.6 is 0 Å². The summed E-state index contributed by atoms with van der Waals surface area (Å²) in [4.78, 5) is 13.1. The van der Waals surface area contributed by atoms with Crippen LogP contribution in [-0.2, 0) is 17.6 Å².